The van der Waals surface area contributed by atoms with Gasteiger partial charge in [0.1, 0.15) is 5.75 Å². The van der Waals surface area contributed by atoms with Crippen LogP contribution in [0.1, 0.15) is 11.1 Å². The molecule has 0 bridgehead atoms. The fourth-order valence-electron chi connectivity index (χ4n) is 1.11. The van der Waals surface area contributed by atoms with Crippen molar-refractivity contribution >= 4 is 6.08 Å². The van der Waals surface area contributed by atoms with Crippen LogP contribution in [0.3, 0.4) is 0 Å². The van der Waals surface area contributed by atoms with Gasteiger partial charge in [0, 0.05) is 0 Å². The first kappa shape index (κ1) is 9.45. The van der Waals surface area contributed by atoms with E-state index in [4.69, 9.17) is 4.74 Å². The lowest BCUT2D eigenvalue weighted by Crippen LogP contribution is -1.84. The van der Waals surface area contributed by atoms with E-state index < -0.39 is 0 Å². The van der Waals surface area contributed by atoms with E-state index in [0.717, 1.165) is 16.9 Å². The van der Waals surface area contributed by atoms with Crippen molar-refractivity contribution in [1.82, 2.24) is 0 Å². The summed E-state index contributed by atoms with van der Waals surface area (Å²) in [6, 6.07) is 5.71. The van der Waals surface area contributed by atoms with E-state index in [2.05, 4.69) is 5.18 Å². The van der Waals surface area contributed by atoms with E-state index >= 15 is 0 Å². The molecule has 1 aromatic rings. The number of nitroso groups, excluding NO2 is 1. The van der Waals surface area contributed by atoms with Crippen molar-refractivity contribution in [3.63, 3.8) is 0 Å². The molecule has 0 fully saturated rings. The summed E-state index contributed by atoms with van der Waals surface area (Å²) >= 11 is 0. The Hall–Kier alpha value is -1.64. The molecule has 3 nitrogen and oxygen atoms in total. The fourth-order valence-corrected chi connectivity index (χ4v) is 1.11. The highest BCUT2D eigenvalue weighted by atomic mass is 16.5. The number of benzene rings is 1. The maximum Gasteiger partial charge on any atom is 0.119 e. The van der Waals surface area contributed by atoms with E-state index in [1.165, 1.54) is 6.20 Å². The summed E-state index contributed by atoms with van der Waals surface area (Å²) in [7, 11) is 1.61. The molecule has 0 spiro atoms. The normalized spacial score (nSPS) is 10.3. The second-order valence-electron chi connectivity index (χ2n) is 2.70. The molecule has 0 aliphatic rings. The number of nitrogens with zero attached hydrogens (tertiary/aromatic N) is 1. The monoisotopic (exact) mass is 177 g/mol. The van der Waals surface area contributed by atoms with Crippen LogP contribution in [-0.4, -0.2) is 7.11 Å². The summed E-state index contributed by atoms with van der Waals surface area (Å²) in [6.45, 7) is 1.97. The lowest BCUT2D eigenvalue weighted by atomic mass is 10.1. The van der Waals surface area contributed by atoms with E-state index in [1.807, 2.05) is 25.1 Å². The van der Waals surface area contributed by atoms with Crippen LogP contribution in [0.4, 0.5) is 0 Å². The maximum absolute atomic E-state index is 9.85. The van der Waals surface area contributed by atoms with Crippen molar-refractivity contribution in [1.29, 1.82) is 0 Å². The minimum atomic E-state index is 0.783. The quantitative estimate of drug-likeness (QED) is 0.666. The molecule has 0 atom stereocenters. The van der Waals surface area contributed by atoms with Crippen molar-refractivity contribution in [2.24, 2.45) is 5.18 Å². The smallest absolute Gasteiger partial charge is 0.119 e. The molecule has 0 aliphatic carbocycles. The summed E-state index contributed by atoms with van der Waals surface area (Å²) in [6.07, 6.45) is 2.86. The van der Waals surface area contributed by atoms with Gasteiger partial charge in [0.2, 0.25) is 0 Å². The van der Waals surface area contributed by atoms with Crippen LogP contribution in [0.15, 0.2) is 29.6 Å². The Morgan fingerprint density at radius 2 is 2.15 bits per heavy atom. The summed E-state index contributed by atoms with van der Waals surface area (Å²) in [5, 5.41) is 2.64. The molecule has 0 saturated heterocycles. The van der Waals surface area contributed by atoms with E-state index in [9.17, 15) is 4.91 Å². The highest BCUT2D eigenvalue weighted by Gasteiger charge is 1.94. The third kappa shape index (κ3) is 2.71. The Morgan fingerprint density at radius 3 is 2.77 bits per heavy atom. The first-order chi connectivity index (χ1) is 6.26. The van der Waals surface area contributed by atoms with Crippen LogP contribution in [0.5, 0.6) is 5.75 Å². The summed E-state index contributed by atoms with van der Waals surface area (Å²) < 4.78 is 5.07. The van der Waals surface area contributed by atoms with Gasteiger partial charge in [-0.2, -0.15) is 0 Å². The highest BCUT2D eigenvalue weighted by molar-refractivity contribution is 5.53. The molecular weight excluding hydrogens is 166 g/mol. The van der Waals surface area contributed by atoms with Gasteiger partial charge in [-0.15, -0.1) is 4.91 Å². The maximum atomic E-state index is 9.85. The van der Waals surface area contributed by atoms with Crippen molar-refractivity contribution in [3.05, 3.63) is 40.4 Å². The van der Waals surface area contributed by atoms with Gasteiger partial charge in [-0.3, -0.25) is 0 Å². The zero-order valence-electron chi connectivity index (χ0n) is 7.65. The predicted molar refractivity (Wildman–Crippen MR) is 52.6 cm³/mol. The lowest BCUT2D eigenvalue weighted by molar-refractivity contribution is 0.414. The second-order valence-corrected chi connectivity index (χ2v) is 2.70. The first-order valence-electron chi connectivity index (χ1n) is 3.91. The Morgan fingerprint density at radius 1 is 1.38 bits per heavy atom. The van der Waals surface area contributed by atoms with Crippen LogP contribution in [-0.2, 0) is 0 Å². The van der Waals surface area contributed by atoms with Crippen LogP contribution >= 0.6 is 0 Å². The number of methoxy groups -OCH3 is 1. The summed E-state index contributed by atoms with van der Waals surface area (Å²) in [5.74, 6) is 0.783. The molecule has 1 aromatic carbocycles. The van der Waals surface area contributed by atoms with Gasteiger partial charge in [-0.1, -0.05) is 6.07 Å². The van der Waals surface area contributed by atoms with Gasteiger partial charge >= 0.3 is 0 Å². The average Bonchev–Trinajstić information content (AvgIpc) is 2.14. The third-order valence-electron chi connectivity index (χ3n) is 1.64. The minimum absolute atomic E-state index is 0.783. The lowest BCUT2D eigenvalue weighted by Gasteiger charge is -2.02. The number of aryl methyl sites for hydroxylation is 1. The standard InChI is InChI=1S/C10H11NO2/c1-8-5-9(3-4-11-12)7-10(6-8)13-2/h3-7H,1-2H3/b4-3+. The van der Waals surface area contributed by atoms with Gasteiger partial charge in [-0.05, 0) is 41.4 Å². The molecule has 13 heavy (non-hydrogen) atoms. The number of hydrogen-bond acceptors (Lipinski definition) is 3. The number of rotatable bonds is 3. The molecule has 0 amide bonds. The minimum Gasteiger partial charge on any atom is -0.497 e. The molecule has 0 unspecified atom stereocenters. The zero-order chi connectivity index (χ0) is 9.68. The van der Waals surface area contributed by atoms with E-state index in [1.54, 1.807) is 13.2 Å². The molecule has 68 valence electrons. The molecule has 0 aliphatic heterocycles. The van der Waals surface area contributed by atoms with Gasteiger partial charge in [-0.25, -0.2) is 0 Å². The van der Waals surface area contributed by atoms with Gasteiger partial charge < -0.3 is 4.74 Å². The highest BCUT2D eigenvalue weighted by Crippen LogP contribution is 2.17. The Labute approximate surface area is 77.0 Å². The molecular formula is C10H11NO2. The van der Waals surface area contributed by atoms with Crippen molar-refractivity contribution < 1.29 is 4.74 Å². The average molecular weight is 177 g/mol. The molecule has 0 radical (unpaired) electrons. The topological polar surface area (TPSA) is 38.7 Å². The molecule has 0 heterocycles. The van der Waals surface area contributed by atoms with Crippen LogP contribution in [0.2, 0.25) is 0 Å². The third-order valence-corrected chi connectivity index (χ3v) is 1.64. The Balaban J connectivity index is 3.00. The van der Waals surface area contributed by atoms with Crippen LogP contribution in [0.25, 0.3) is 6.08 Å². The Bertz CT molecular complexity index is 332. The van der Waals surface area contributed by atoms with Crippen molar-refractivity contribution in [2.45, 2.75) is 6.92 Å². The molecule has 1 rings (SSSR count). The SMILES string of the molecule is COc1cc(C)cc(/C=C/N=O)c1. The molecule has 3 heteroatoms. The Kier molecular flexibility index (Phi) is 3.20. The van der Waals surface area contributed by atoms with Gasteiger partial charge in [0.15, 0.2) is 0 Å². The predicted octanol–water partition coefficient (Wildman–Crippen LogP) is 2.74. The van der Waals surface area contributed by atoms with E-state index in [-0.39, 0.29) is 0 Å². The summed E-state index contributed by atoms with van der Waals surface area (Å²) in [5.41, 5.74) is 2.00. The van der Waals surface area contributed by atoms with Crippen LogP contribution < -0.4 is 4.74 Å². The second kappa shape index (κ2) is 4.40. The molecule has 0 aromatic heterocycles. The number of hydrogen-bond donors (Lipinski definition) is 0. The molecule has 0 saturated carbocycles. The zero-order valence-corrected chi connectivity index (χ0v) is 7.65. The van der Waals surface area contributed by atoms with E-state index in [0.29, 0.717) is 0 Å². The fraction of sp³-hybridized carbons (Fsp3) is 0.200. The first-order valence-corrected chi connectivity index (χ1v) is 3.91. The largest absolute Gasteiger partial charge is 0.497 e. The van der Waals surface area contributed by atoms with Crippen molar-refractivity contribution in [2.75, 3.05) is 7.11 Å². The summed E-state index contributed by atoms with van der Waals surface area (Å²) in [4.78, 5) is 9.85. The van der Waals surface area contributed by atoms with Crippen LogP contribution in [0, 0.1) is 11.8 Å². The molecule has 0 N–H and O–H groups in total. The number of ether oxygens (including phenoxy) is 1. The van der Waals surface area contributed by atoms with Gasteiger partial charge in [0.05, 0.1) is 13.3 Å². The van der Waals surface area contributed by atoms with Gasteiger partial charge in [0.25, 0.3) is 0 Å². The van der Waals surface area contributed by atoms with Crippen molar-refractivity contribution in [3.8, 4) is 5.75 Å².